The van der Waals surface area contributed by atoms with Crippen LogP contribution in [0.1, 0.15) is 35.8 Å². The minimum atomic E-state index is -0.907. The summed E-state index contributed by atoms with van der Waals surface area (Å²) in [7, 11) is 0. The first-order valence-corrected chi connectivity index (χ1v) is 11.9. The number of hydrogen-bond acceptors (Lipinski definition) is 6. The van der Waals surface area contributed by atoms with E-state index in [1.165, 1.54) is 23.1 Å². The molecule has 1 fully saturated rings. The number of esters is 1. The standard InChI is InChI=1S/C25H24ClFN4O5/c1-2-36-24(34)17-8-6-12-29(14-17)22(32)21-23(33)30(15-16-7-3-4-11-20(16)26)25(35)31(28-21)19-10-5-9-18(27)13-19/h3-5,7,9-11,13,17H,2,6,8,12,14-15H2,1H3. The number of benzene rings is 2. The number of likely N-dealkylation sites (tertiary alicyclic amines) is 1. The molecule has 36 heavy (non-hydrogen) atoms. The smallest absolute Gasteiger partial charge is 0.352 e. The summed E-state index contributed by atoms with van der Waals surface area (Å²) >= 11 is 6.24. The molecule has 0 N–H and O–H groups in total. The Hall–Kier alpha value is -3.79. The second-order valence-corrected chi connectivity index (χ2v) is 8.76. The highest BCUT2D eigenvalue weighted by molar-refractivity contribution is 6.31. The fourth-order valence-electron chi connectivity index (χ4n) is 4.13. The monoisotopic (exact) mass is 514 g/mol. The minimum absolute atomic E-state index is 0.0463. The largest absolute Gasteiger partial charge is 0.466 e. The highest BCUT2D eigenvalue weighted by atomic mass is 35.5. The maximum Gasteiger partial charge on any atom is 0.352 e. The number of aromatic nitrogens is 3. The van der Waals surface area contributed by atoms with E-state index in [4.69, 9.17) is 16.3 Å². The van der Waals surface area contributed by atoms with E-state index in [0.717, 1.165) is 15.3 Å². The zero-order chi connectivity index (χ0) is 25.8. The number of piperidine rings is 1. The normalized spacial score (nSPS) is 15.5. The Morgan fingerprint density at radius 2 is 1.94 bits per heavy atom. The lowest BCUT2D eigenvalue weighted by Crippen LogP contribution is -2.49. The molecular formula is C25H24ClFN4O5. The molecule has 1 aromatic heterocycles. The molecule has 3 aromatic rings. The van der Waals surface area contributed by atoms with Gasteiger partial charge in [-0.1, -0.05) is 35.9 Å². The number of halogens is 2. The molecule has 0 bridgehead atoms. The zero-order valence-corrected chi connectivity index (χ0v) is 20.3. The molecule has 1 amide bonds. The van der Waals surface area contributed by atoms with Crippen molar-refractivity contribution in [2.24, 2.45) is 5.92 Å². The fourth-order valence-corrected chi connectivity index (χ4v) is 4.32. The summed E-state index contributed by atoms with van der Waals surface area (Å²) in [5.41, 5.74) is -1.75. The SMILES string of the molecule is CCOC(=O)C1CCCN(C(=O)c2nn(-c3cccc(F)c3)c(=O)n(Cc3ccccc3Cl)c2=O)C1. The minimum Gasteiger partial charge on any atom is -0.466 e. The molecule has 1 unspecified atom stereocenters. The molecule has 188 valence electrons. The third-order valence-corrected chi connectivity index (χ3v) is 6.30. The molecule has 2 heterocycles. The maximum absolute atomic E-state index is 13.9. The topological polar surface area (TPSA) is 104 Å². The van der Waals surface area contributed by atoms with Gasteiger partial charge in [-0.2, -0.15) is 9.78 Å². The second kappa shape index (κ2) is 10.9. The van der Waals surface area contributed by atoms with Crippen LogP contribution in [0, 0.1) is 11.7 Å². The van der Waals surface area contributed by atoms with Crippen molar-refractivity contribution in [3.05, 3.63) is 91.5 Å². The van der Waals surface area contributed by atoms with E-state index in [0.29, 0.717) is 30.0 Å². The van der Waals surface area contributed by atoms with Gasteiger partial charge in [0.25, 0.3) is 11.5 Å². The van der Waals surface area contributed by atoms with Gasteiger partial charge < -0.3 is 9.64 Å². The van der Waals surface area contributed by atoms with Gasteiger partial charge in [-0.15, -0.1) is 0 Å². The van der Waals surface area contributed by atoms with Crippen LogP contribution in [0.2, 0.25) is 5.02 Å². The number of ether oxygens (including phenoxy) is 1. The summed E-state index contributed by atoms with van der Waals surface area (Å²) in [6.45, 7) is 2.06. The van der Waals surface area contributed by atoms with Crippen LogP contribution in [0.3, 0.4) is 0 Å². The van der Waals surface area contributed by atoms with E-state index in [1.54, 1.807) is 31.2 Å². The van der Waals surface area contributed by atoms with E-state index in [9.17, 15) is 23.6 Å². The number of amides is 1. The molecule has 9 nitrogen and oxygen atoms in total. The van der Waals surface area contributed by atoms with Crippen molar-refractivity contribution in [3.8, 4) is 5.69 Å². The fraction of sp³-hybridized carbons (Fsp3) is 0.320. The van der Waals surface area contributed by atoms with Crippen LogP contribution in [-0.2, 0) is 16.1 Å². The molecule has 0 aliphatic carbocycles. The summed E-state index contributed by atoms with van der Waals surface area (Å²) in [4.78, 5) is 53.7. The van der Waals surface area contributed by atoms with Crippen LogP contribution in [-0.4, -0.2) is 50.8 Å². The Bertz CT molecular complexity index is 1420. The van der Waals surface area contributed by atoms with Gasteiger partial charge >= 0.3 is 11.7 Å². The first-order chi connectivity index (χ1) is 17.3. The Balaban J connectivity index is 1.80. The van der Waals surface area contributed by atoms with Crippen molar-refractivity contribution in [2.45, 2.75) is 26.3 Å². The van der Waals surface area contributed by atoms with Crippen molar-refractivity contribution in [3.63, 3.8) is 0 Å². The van der Waals surface area contributed by atoms with Gasteiger partial charge in [0.2, 0.25) is 5.69 Å². The van der Waals surface area contributed by atoms with Crippen molar-refractivity contribution in [1.29, 1.82) is 0 Å². The van der Waals surface area contributed by atoms with Crippen molar-refractivity contribution < 1.29 is 18.7 Å². The van der Waals surface area contributed by atoms with E-state index in [2.05, 4.69) is 5.10 Å². The zero-order valence-electron chi connectivity index (χ0n) is 19.5. The average Bonchev–Trinajstić information content (AvgIpc) is 2.87. The van der Waals surface area contributed by atoms with Crippen LogP contribution in [0.4, 0.5) is 4.39 Å². The highest BCUT2D eigenvalue weighted by Gasteiger charge is 2.32. The van der Waals surface area contributed by atoms with Gasteiger partial charge in [-0.25, -0.2) is 9.18 Å². The summed E-state index contributed by atoms with van der Waals surface area (Å²) in [6.07, 6.45) is 1.09. The molecule has 0 saturated carbocycles. The predicted molar refractivity (Wildman–Crippen MR) is 130 cm³/mol. The summed E-state index contributed by atoms with van der Waals surface area (Å²) in [5, 5.41) is 4.39. The third kappa shape index (κ3) is 5.23. The number of carbonyl (C=O) groups excluding carboxylic acids is 2. The Morgan fingerprint density at radius 3 is 2.67 bits per heavy atom. The first kappa shape index (κ1) is 25.3. The molecule has 11 heteroatoms. The molecule has 1 aliphatic heterocycles. The lowest BCUT2D eigenvalue weighted by atomic mass is 9.98. The van der Waals surface area contributed by atoms with Gasteiger partial charge in [-0.3, -0.25) is 19.0 Å². The molecule has 0 radical (unpaired) electrons. The van der Waals surface area contributed by atoms with E-state index >= 15 is 0 Å². The van der Waals surface area contributed by atoms with Gasteiger partial charge in [0.05, 0.1) is 24.8 Å². The maximum atomic E-state index is 13.9. The molecule has 0 spiro atoms. The van der Waals surface area contributed by atoms with Crippen LogP contribution in [0.5, 0.6) is 0 Å². The lowest BCUT2D eigenvalue weighted by Gasteiger charge is -2.31. The number of rotatable bonds is 6. The third-order valence-electron chi connectivity index (χ3n) is 5.93. The van der Waals surface area contributed by atoms with Crippen molar-refractivity contribution in [1.82, 2.24) is 19.2 Å². The Morgan fingerprint density at radius 1 is 1.17 bits per heavy atom. The van der Waals surface area contributed by atoms with Crippen LogP contribution in [0.25, 0.3) is 5.69 Å². The number of hydrogen-bond donors (Lipinski definition) is 0. The van der Waals surface area contributed by atoms with E-state index < -0.39 is 40.6 Å². The molecule has 4 rings (SSSR count). The Kier molecular flexibility index (Phi) is 7.64. The molecule has 1 saturated heterocycles. The van der Waals surface area contributed by atoms with Crippen LogP contribution >= 0.6 is 11.6 Å². The lowest BCUT2D eigenvalue weighted by molar-refractivity contribution is -0.149. The summed E-state index contributed by atoms with van der Waals surface area (Å²) < 4.78 is 20.7. The average molecular weight is 515 g/mol. The van der Waals surface area contributed by atoms with Gasteiger partial charge in [0, 0.05) is 18.1 Å². The molecule has 2 aromatic carbocycles. The summed E-state index contributed by atoms with van der Waals surface area (Å²) in [5.74, 6) is -2.29. The summed E-state index contributed by atoms with van der Waals surface area (Å²) in [6, 6.07) is 11.8. The van der Waals surface area contributed by atoms with Crippen LogP contribution < -0.4 is 11.2 Å². The van der Waals surface area contributed by atoms with Crippen LogP contribution in [0.15, 0.2) is 58.1 Å². The second-order valence-electron chi connectivity index (χ2n) is 8.35. The molecule has 1 aliphatic rings. The number of carbonyl (C=O) groups is 2. The molecular weight excluding hydrogens is 491 g/mol. The van der Waals surface area contributed by atoms with Gasteiger partial charge in [0.15, 0.2) is 0 Å². The van der Waals surface area contributed by atoms with E-state index in [1.807, 2.05) is 0 Å². The van der Waals surface area contributed by atoms with Gasteiger partial charge in [-0.05, 0) is 49.6 Å². The van der Waals surface area contributed by atoms with Crippen molar-refractivity contribution >= 4 is 23.5 Å². The van der Waals surface area contributed by atoms with Crippen molar-refractivity contribution in [2.75, 3.05) is 19.7 Å². The van der Waals surface area contributed by atoms with Gasteiger partial charge in [0.1, 0.15) is 5.82 Å². The first-order valence-electron chi connectivity index (χ1n) is 11.5. The Labute approximate surface area is 210 Å². The highest BCUT2D eigenvalue weighted by Crippen LogP contribution is 2.19. The predicted octanol–water partition coefficient (Wildman–Crippen LogP) is 2.65. The number of nitrogens with zero attached hydrogens (tertiary/aromatic N) is 4. The quantitative estimate of drug-likeness (QED) is 0.468. The van der Waals surface area contributed by atoms with E-state index in [-0.39, 0.29) is 25.4 Å². The molecule has 1 atom stereocenters.